The van der Waals surface area contributed by atoms with Gasteiger partial charge in [-0.1, -0.05) is 11.3 Å². The Kier molecular flexibility index (Phi) is 2.13. The van der Waals surface area contributed by atoms with Gasteiger partial charge in [0.05, 0.1) is 0 Å². The number of anilines is 1. The first-order valence-electron chi connectivity index (χ1n) is 4.11. The number of nitrogens with one attached hydrogen (secondary N) is 2. The molecule has 13 heavy (non-hydrogen) atoms. The summed E-state index contributed by atoms with van der Waals surface area (Å²) in [5, 5.41) is 14.5. The van der Waals surface area contributed by atoms with Gasteiger partial charge in [0, 0.05) is 13.0 Å². The first kappa shape index (κ1) is 8.43. The molecule has 2 N–H and O–H groups in total. The lowest BCUT2D eigenvalue weighted by molar-refractivity contribution is 0.254. The zero-order chi connectivity index (χ0) is 9.26. The number of carbonyl (C=O) groups excluding carboxylic acids is 1. The van der Waals surface area contributed by atoms with Gasteiger partial charge < -0.3 is 5.32 Å². The minimum Gasteiger partial charge on any atom is -0.341 e. The predicted octanol–water partition coefficient (Wildman–Crippen LogP) is 1.17. The molecule has 2 amide bonds. The lowest BCUT2D eigenvalue weighted by atomic mass is 10.5. The maximum Gasteiger partial charge on any atom is 0.320 e. The highest BCUT2D eigenvalue weighted by atomic mass is 32.1. The smallest absolute Gasteiger partial charge is 0.320 e. The second-order valence-corrected chi connectivity index (χ2v) is 3.93. The Morgan fingerprint density at radius 2 is 2.31 bits per heavy atom. The second kappa shape index (κ2) is 3.29. The molecule has 6 heteroatoms. The monoisotopic (exact) mass is 198 g/mol. The van der Waals surface area contributed by atoms with Crippen molar-refractivity contribution in [3.63, 3.8) is 0 Å². The minimum atomic E-state index is -0.251. The van der Waals surface area contributed by atoms with Gasteiger partial charge in [0.25, 0.3) is 0 Å². The molecule has 1 aliphatic carbocycles. The van der Waals surface area contributed by atoms with Crippen LogP contribution in [-0.2, 0) is 0 Å². The van der Waals surface area contributed by atoms with Crippen LogP contribution in [0.5, 0.6) is 0 Å². The summed E-state index contributed by atoms with van der Waals surface area (Å²) < 4.78 is 0. The topological polar surface area (TPSA) is 66.9 Å². The number of amides is 2. The van der Waals surface area contributed by atoms with Crippen LogP contribution in [0.4, 0.5) is 9.93 Å². The van der Waals surface area contributed by atoms with E-state index in [-0.39, 0.29) is 6.03 Å². The van der Waals surface area contributed by atoms with Crippen molar-refractivity contribution in [3.8, 4) is 0 Å². The van der Waals surface area contributed by atoms with E-state index in [9.17, 15) is 4.79 Å². The van der Waals surface area contributed by atoms with Gasteiger partial charge in [0.15, 0.2) is 0 Å². The molecule has 1 aromatic rings. The molecule has 0 bridgehead atoms. The fraction of sp³-hybridized carbons (Fsp3) is 0.571. The second-order valence-electron chi connectivity index (χ2n) is 2.92. The van der Waals surface area contributed by atoms with Crippen molar-refractivity contribution in [1.29, 1.82) is 0 Å². The molecule has 0 aromatic carbocycles. The van der Waals surface area contributed by atoms with Crippen molar-refractivity contribution in [3.05, 3.63) is 5.01 Å². The van der Waals surface area contributed by atoms with E-state index in [4.69, 9.17) is 0 Å². The molecule has 1 aliphatic rings. The van der Waals surface area contributed by atoms with E-state index in [0.717, 1.165) is 5.01 Å². The Morgan fingerprint density at radius 1 is 1.54 bits per heavy atom. The summed E-state index contributed by atoms with van der Waals surface area (Å²) in [6.07, 6.45) is 2.41. The maximum atomic E-state index is 10.9. The van der Waals surface area contributed by atoms with E-state index in [1.807, 2.05) is 0 Å². The quantitative estimate of drug-likeness (QED) is 0.749. The fourth-order valence-electron chi connectivity index (χ4n) is 0.940. The van der Waals surface area contributed by atoms with E-state index >= 15 is 0 Å². The zero-order valence-corrected chi connectivity index (χ0v) is 8.02. The third kappa shape index (κ3) is 1.95. The van der Waals surface area contributed by atoms with Crippen LogP contribution >= 0.6 is 11.3 Å². The highest BCUT2D eigenvalue weighted by Crippen LogP contribution is 2.41. The molecule has 0 atom stereocenters. The number of hydrogen-bond donors (Lipinski definition) is 2. The molecule has 5 nitrogen and oxygen atoms in total. The molecule has 1 fully saturated rings. The molecule has 0 saturated heterocycles. The molecular weight excluding hydrogens is 188 g/mol. The van der Waals surface area contributed by atoms with Crippen LogP contribution in [0.3, 0.4) is 0 Å². The highest BCUT2D eigenvalue weighted by molar-refractivity contribution is 7.15. The van der Waals surface area contributed by atoms with Crippen LogP contribution in [0.1, 0.15) is 23.8 Å². The Hall–Kier alpha value is -1.17. The Bertz CT molecular complexity index is 320. The minimum absolute atomic E-state index is 0.251. The van der Waals surface area contributed by atoms with Gasteiger partial charge >= 0.3 is 6.03 Å². The lowest BCUT2D eigenvalue weighted by Gasteiger charge is -1.96. The van der Waals surface area contributed by atoms with Crippen molar-refractivity contribution >= 4 is 22.5 Å². The first-order valence-corrected chi connectivity index (χ1v) is 4.93. The molecular formula is C7H10N4OS. The standard InChI is InChI=1S/C7H10N4OS/c1-8-6(12)9-7-11-10-5(13-7)4-2-3-4/h4H,2-3H2,1H3,(H2,8,9,11,12). The third-order valence-electron chi connectivity index (χ3n) is 1.81. The summed E-state index contributed by atoms with van der Waals surface area (Å²) in [4.78, 5) is 10.9. The number of rotatable bonds is 2. The van der Waals surface area contributed by atoms with Gasteiger partial charge in [-0.3, -0.25) is 5.32 Å². The molecule has 1 aromatic heterocycles. The van der Waals surface area contributed by atoms with Gasteiger partial charge in [0.1, 0.15) is 5.01 Å². The van der Waals surface area contributed by atoms with Crippen molar-refractivity contribution in [1.82, 2.24) is 15.5 Å². The average molecular weight is 198 g/mol. The zero-order valence-electron chi connectivity index (χ0n) is 7.20. The van der Waals surface area contributed by atoms with Gasteiger partial charge in [-0.2, -0.15) is 0 Å². The number of aromatic nitrogens is 2. The molecule has 0 radical (unpaired) electrons. The fourth-order valence-corrected chi connectivity index (χ4v) is 1.85. The molecule has 1 heterocycles. The number of carbonyl (C=O) groups is 1. The van der Waals surface area contributed by atoms with Crippen LogP contribution in [-0.4, -0.2) is 23.3 Å². The van der Waals surface area contributed by atoms with Gasteiger partial charge in [0.2, 0.25) is 5.13 Å². The summed E-state index contributed by atoms with van der Waals surface area (Å²) in [7, 11) is 1.57. The first-order chi connectivity index (χ1) is 6.29. The van der Waals surface area contributed by atoms with Crippen LogP contribution in [0.25, 0.3) is 0 Å². The van der Waals surface area contributed by atoms with Crippen molar-refractivity contribution in [2.75, 3.05) is 12.4 Å². The van der Waals surface area contributed by atoms with Crippen LogP contribution in [0.15, 0.2) is 0 Å². The van der Waals surface area contributed by atoms with E-state index in [1.54, 1.807) is 7.05 Å². The summed E-state index contributed by atoms with van der Waals surface area (Å²) in [5.74, 6) is 0.595. The van der Waals surface area contributed by atoms with Crippen LogP contribution < -0.4 is 10.6 Å². The van der Waals surface area contributed by atoms with Crippen molar-refractivity contribution < 1.29 is 4.79 Å². The molecule has 0 spiro atoms. The Morgan fingerprint density at radius 3 is 2.92 bits per heavy atom. The van der Waals surface area contributed by atoms with E-state index in [2.05, 4.69) is 20.8 Å². The number of hydrogen-bond acceptors (Lipinski definition) is 4. The Labute approximate surface area is 79.6 Å². The number of nitrogens with zero attached hydrogens (tertiary/aromatic N) is 2. The van der Waals surface area contributed by atoms with Crippen molar-refractivity contribution in [2.24, 2.45) is 0 Å². The summed E-state index contributed by atoms with van der Waals surface area (Å²) in [6, 6.07) is -0.251. The summed E-state index contributed by atoms with van der Waals surface area (Å²) >= 11 is 1.45. The molecule has 0 aliphatic heterocycles. The van der Waals surface area contributed by atoms with Crippen LogP contribution in [0.2, 0.25) is 0 Å². The number of urea groups is 1. The van der Waals surface area contributed by atoms with E-state index in [1.165, 1.54) is 24.2 Å². The van der Waals surface area contributed by atoms with E-state index in [0.29, 0.717) is 11.0 Å². The maximum absolute atomic E-state index is 10.9. The average Bonchev–Trinajstić information content (AvgIpc) is 2.88. The SMILES string of the molecule is CNC(=O)Nc1nnc(C2CC2)s1. The van der Waals surface area contributed by atoms with Gasteiger partial charge in [-0.25, -0.2) is 4.79 Å². The molecule has 1 saturated carbocycles. The van der Waals surface area contributed by atoms with Gasteiger partial charge in [-0.15, -0.1) is 10.2 Å². The summed E-state index contributed by atoms with van der Waals surface area (Å²) in [6.45, 7) is 0. The molecule has 2 rings (SSSR count). The predicted molar refractivity (Wildman–Crippen MR) is 50.0 cm³/mol. The highest BCUT2D eigenvalue weighted by Gasteiger charge is 2.27. The summed E-state index contributed by atoms with van der Waals surface area (Å²) in [5.41, 5.74) is 0. The Balaban J connectivity index is 2.00. The van der Waals surface area contributed by atoms with Gasteiger partial charge in [-0.05, 0) is 12.8 Å². The van der Waals surface area contributed by atoms with Crippen LogP contribution in [0, 0.1) is 0 Å². The molecule has 0 unspecified atom stereocenters. The molecule has 70 valence electrons. The third-order valence-corrected chi connectivity index (χ3v) is 2.82. The normalized spacial score (nSPS) is 15.5. The largest absolute Gasteiger partial charge is 0.341 e. The van der Waals surface area contributed by atoms with E-state index < -0.39 is 0 Å². The van der Waals surface area contributed by atoms with Crippen molar-refractivity contribution in [2.45, 2.75) is 18.8 Å². The lowest BCUT2D eigenvalue weighted by Crippen LogP contribution is -2.24.